The molecule has 6 atom stereocenters. The van der Waals surface area contributed by atoms with Crippen molar-refractivity contribution in [2.24, 2.45) is 23.2 Å². The Kier molecular flexibility index (Phi) is 8.49. The summed E-state index contributed by atoms with van der Waals surface area (Å²) in [5.74, 6) is 0.0685. The number of rotatable bonds is 10. The van der Waals surface area contributed by atoms with Crippen molar-refractivity contribution in [2.75, 3.05) is 0 Å². The van der Waals surface area contributed by atoms with Crippen LogP contribution in [-0.2, 0) is 31.9 Å². The molecule has 3 aliphatic carbocycles. The van der Waals surface area contributed by atoms with Crippen LogP contribution in [0.15, 0.2) is 54.6 Å². The minimum Gasteiger partial charge on any atom is -0.445 e. The van der Waals surface area contributed by atoms with Crippen molar-refractivity contribution >= 4 is 19.1 Å². The molecule has 2 N–H and O–H groups in total. The first-order chi connectivity index (χ1) is 19.5. The van der Waals surface area contributed by atoms with E-state index in [1.165, 1.54) is 12.1 Å². The summed E-state index contributed by atoms with van der Waals surface area (Å²) >= 11 is 0. The standard InChI is InChI=1S/C32H42BFN2O5/c1-20(2)14-28(33-40-27-18-23-17-26(31(23,3)4)32(27,5)41-33)36-29(37)25(16-22-12-9-13-24(34)15-22)35-30(38)39-19-21-10-7-6-8-11-21/h6-13,15,20,23,25-28H,14,16-19H2,1-5H3,(H,35,38)(H,36,37)/t23-,25-,26-,27+,28-,32-/m0/s1. The van der Waals surface area contributed by atoms with E-state index >= 15 is 0 Å². The van der Waals surface area contributed by atoms with Crippen LogP contribution < -0.4 is 10.6 Å². The zero-order valence-electron chi connectivity index (χ0n) is 24.7. The first-order valence-corrected chi connectivity index (χ1v) is 14.8. The first-order valence-electron chi connectivity index (χ1n) is 14.8. The molecule has 1 heterocycles. The van der Waals surface area contributed by atoms with E-state index in [-0.39, 0.29) is 30.5 Å². The van der Waals surface area contributed by atoms with E-state index in [0.717, 1.165) is 18.4 Å². The molecule has 0 spiro atoms. The van der Waals surface area contributed by atoms with Crippen LogP contribution in [0, 0.1) is 29.0 Å². The van der Waals surface area contributed by atoms with Crippen LogP contribution in [0.5, 0.6) is 0 Å². The molecule has 9 heteroatoms. The number of alkyl carbamates (subject to hydrolysis) is 1. The third kappa shape index (κ3) is 6.31. The van der Waals surface area contributed by atoms with Crippen molar-refractivity contribution in [3.8, 4) is 0 Å². The van der Waals surface area contributed by atoms with Gasteiger partial charge in [-0.05, 0) is 72.6 Å². The number of hydrogen-bond acceptors (Lipinski definition) is 5. The van der Waals surface area contributed by atoms with E-state index in [1.54, 1.807) is 12.1 Å². The van der Waals surface area contributed by atoms with Crippen LogP contribution in [0.4, 0.5) is 9.18 Å². The Morgan fingerprint density at radius 3 is 2.46 bits per heavy atom. The highest BCUT2D eigenvalue weighted by Gasteiger charge is 2.68. The Bertz CT molecular complexity index is 1240. The van der Waals surface area contributed by atoms with Crippen molar-refractivity contribution in [3.05, 3.63) is 71.5 Å². The summed E-state index contributed by atoms with van der Waals surface area (Å²) in [6.45, 7) is 11.0. The quantitative estimate of drug-likeness (QED) is 0.375. The molecule has 1 saturated heterocycles. The zero-order valence-corrected chi connectivity index (χ0v) is 24.7. The van der Waals surface area contributed by atoms with Crippen LogP contribution in [0.1, 0.15) is 65.0 Å². The van der Waals surface area contributed by atoms with Crippen LogP contribution in [0.2, 0.25) is 0 Å². The van der Waals surface area contributed by atoms with Gasteiger partial charge in [0.2, 0.25) is 5.91 Å². The number of carbonyl (C=O) groups excluding carboxylic acids is 2. The van der Waals surface area contributed by atoms with Gasteiger partial charge in [-0.25, -0.2) is 9.18 Å². The molecule has 7 nitrogen and oxygen atoms in total. The fourth-order valence-corrected chi connectivity index (χ4v) is 7.12. The maximum absolute atomic E-state index is 14.0. The maximum atomic E-state index is 14.0. The van der Waals surface area contributed by atoms with E-state index in [4.69, 9.17) is 14.0 Å². The number of carbonyl (C=O) groups is 2. The average molecular weight is 565 g/mol. The van der Waals surface area contributed by atoms with E-state index < -0.39 is 42.5 Å². The van der Waals surface area contributed by atoms with E-state index in [1.807, 2.05) is 30.3 Å². The number of benzene rings is 2. The SMILES string of the molecule is CC(C)C[C@H](NC(=O)[C@H](Cc1cccc(F)c1)NC(=O)OCc1ccccc1)B1O[C@@H]2C[C@@H]3C[C@@H](C3(C)C)[C@]2(C)O1. The van der Waals surface area contributed by atoms with E-state index in [9.17, 15) is 14.0 Å². The largest absolute Gasteiger partial charge is 0.481 e. The van der Waals surface area contributed by atoms with Gasteiger partial charge in [0.1, 0.15) is 18.5 Å². The summed E-state index contributed by atoms with van der Waals surface area (Å²) in [6.07, 6.45) is 2.10. The highest BCUT2D eigenvalue weighted by molar-refractivity contribution is 6.48. The predicted molar refractivity (Wildman–Crippen MR) is 155 cm³/mol. The Balaban J connectivity index is 1.30. The molecular formula is C32H42BFN2O5. The van der Waals surface area contributed by atoms with Crippen molar-refractivity contribution in [2.45, 2.75) is 90.6 Å². The summed E-state index contributed by atoms with van der Waals surface area (Å²) in [7, 11) is -0.591. The molecule has 2 amide bonds. The highest BCUT2D eigenvalue weighted by Crippen LogP contribution is 2.65. The lowest BCUT2D eigenvalue weighted by Gasteiger charge is -2.64. The van der Waals surface area contributed by atoms with Gasteiger partial charge in [0.05, 0.1) is 17.6 Å². The molecule has 0 unspecified atom stereocenters. The molecule has 4 aliphatic rings. The Morgan fingerprint density at radius 1 is 1.05 bits per heavy atom. The second kappa shape index (κ2) is 11.8. The number of nitrogens with one attached hydrogen (secondary N) is 2. The number of hydrogen-bond donors (Lipinski definition) is 2. The van der Waals surface area contributed by atoms with Crippen LogP contribution in [-0.4, -0.2) is 42.8 Å². The Hall–Kier alpha value is -2.91. The van der Waals surface area contributed by atoms with Crippen molar-refractivity contribution in [1.82, 2.24) is 10.6 Å². The summed E-state index contributed by atoms with van der Waals surface area (Å²) in [6, 6.07) is 14.4. The normalized spacial score (nSPS) is 27.4. The van der Waals surface area contributed by atoms with Gasteiger partial charge in [0.15, 0.2) is 0 Å². The number of ether oxygens (including phenoxy) is 1. The van der Waals surface area contributed by atoms with Gasteiger partial charge in [-0.3, -0.25) is 4.79 Å². The molecule has 0 aromatic heterocycles. The lowest BCUT2D eigenvalue weighted by atomic mass is 9.43. The van der Waals surface area contributed by atoms with Crippen LogP contribution >= 0.6 is 0 Å². The average Bonchev–Trinajstić information content (AvgIpc) is 3.29. The zero-order chi connectivity index (χ0) is 29.4. The Morgan fingerprint density at radius 2 is 1.78 bits per heavy atom. The van der Waals surface area contributed by atoms with Gasteiger partial charge in [-0.15, -0.1) is 0 Å². The molecular weight excluding hydrogens is 522 g/mol. The summed E-state index contributed by atoms with van der Waals surface area (Å²) in [4.78, 5) is 26.6. The first kappa shape index (κ1) is 29.6. The van der Waals surface area contributed by atoms with Crippen molar-refractivity contribution < 1.29 is 28.0 Å². The summed E-state index contributed by atoms with van der Waals surface area (Å²) in [5.41, 5.74) is 1.23. The number of amides is 2. The van der Waals surface area contributed by atoms with Gasteiger partial charge in [0, 0.05) is 6.42 Å². The minimum atomic E-state index is -0.985. The molecule has 1 aliphatic heterocycles. The topological polar surface area (TPSA) is 85.9 Å². The van der Waals surface area contributed by atoms with Gasteiger partial charge in [0.25, 0.3) is 0 Å². The van der Waals surface area contributed by atoms with E-state index in [0.29, 0.717) is 23.8 Å². The predicted octanol–water partition coefficient (Wildman–Crippen LogP) is 5.46. The van der Waals surface area contributed by atoms with Gasteiger partial charge in [-0.1, -0.05) is 70.2 Å². The van der Waals surface area contributed by atoms with Crippen LogP contribution in [0.25, 0.3) is 0 Å². The second-order valence-corrected chi connectivity index (χ2v) is 13.2. The van der Waals surface area contributed by atoms with Crippen molar-refractivity contribution in [3.63, 3.8) is 0 Å². The van der Waals surface area contributed by atoms with Gasteiger partial charge in [-0.2, -0.15) is 0 Å². The summed E-state index contributed by atoms with van der Waals surface area (Å²) in [5, 5.41) is 5.84. The minimum absolute atomic E-state index is 0.00924. The molecule has 41 heavy (non-hydrogen) atoms. The lowest BCUT2D eigenvalue weighted by Crippen LogP contribution is -2.65. The second-order valence-electron chi connectivity index (χ2n) is 13.2. The number of halogens is 1. The lowest BCUT2D eigenvalue weighted by molar-refractivity contribution is -0.199. The third-order valence-corrected chi connectivity index (χ3v) is 9.50. The van der Waals surface area contributed by atoms with E-state index in [2.05, 4.69) is 45.3 Å². The maximum Gasteiger partial charge on any atom is 0.481 e. The molecule has 220 valence electrons. The molecule has 2 bridgehead atoms. The molecule has 6 rings (SSSR count). The van der Waals surface area contributed by atoms with Gasteiger partial charge < -0.3 is 24.7 Å². The molecule has 3 saturated carbocycles. The highest BCUT2D eigenvalue weighted by atomic mass is 19.1. The fraction of sp³-hybridized carbons (Fsp3) is 0.562. The van der Waals surface area contributed by atoms with Crippen molar-refractivity contribution in [1.29, 1.82) is 0 Å². The smallest absolute Gasteiger partial charge is 0.445 e. The summed E-state index contributed by atoms with van der Waals surface area (Å²) < 4.78 is 32.6. The van der Waals surface area contributed by atoms with Crippen LogP contribution in [0.3, 0.4) is 0 Å². The molecule has 2 aromatic carbocycles. The monoisotopic (exact) mass is 564 g/mol. The third-order valence-electron chi connectivity index (χ3n) is 9.50. The molecule has 0 radical (unpaired) electrons. The molecule has 4 fully saturated rings. The molecule has 2 aromatic rings. The Labute approximate surface area is 243 Å². The van der Waals surface area contributed by atoms with Gasteiger partial charge >= 0.3 is 13.2 Å². The fourth-order valence-electron chi connectivity index (χ4n) is 7.12.